The second-order valence-corrected chi connectivity index (χ2v) is 4.91. The van der Waals surface area contributed by atoms with E-state index >= 15 is 0 Å². The number of imidazole rings is 1. The molecule has 0 bridgehead atoms. The van der Waals surface area contributed by atoms with Gasteiger partial charge in [0, 0.05) is 30.3 Å². The number of nitrogens with one attached hydrogen (secondary N) is 1. The number of nitrogens with zero attached hydrogens (tertiary/aromatic N) is 2. The molecule has 0 atom stereocenters. The van der Waals surface area contributed by atoms with Gasteiger partial charge in [-0.25, -0.2) is 4.98 Å². The molecule has 1 aromatic carbocycles. The van der Waals surface area contributed by atoms with Gasteiger partial charge in [-0.1, -0.05) is 0 Å². The van der Waals surface area contributed by atoms with Gasteiger partial charge >= 0.3 is 0 Å². The maximum absolute atomic E-state index is 12.6. The highest BCUT2D eigenvalue weighted by molar-refractivity contribution is 5.95. The Kier molecular flexibility index (Phi) is 3.51. The van der Waals surface area contributed by atoms with E-state index in [-0.39, 0.29) is 5.91 Å². The van der Waals surface area contributed by atoms with Crippen LogP contribution in [0.4, 0.5) is 0 Å². The first-order valence-corrected chi connectivity index (χ1v) is 6.74. The number of fused-ring (bicyclic) bond motifs is 1. The second kappa shape index (κ2) is 5.47. The van der Waals surface area contributed by atoms with Crippen molar-refractivity contribution in [1.29, 1.82) is 0 Å². The average molecular weight is 287 g/mol. The van der Waals surface area contributed by atoms with Crippen LogP contribution in [-0.2, 0) is 13.0 Å². The molecule has 0 unspecified atom stereocenters. The van der Waals surface area contributed by atoms with E-state index < -0.39 is 0 Å². The quantitative estimate of drug-likeness (QED) is 0.931. The highest BCUT2D eigenvalue weighted by Gasteiger charge is 2.24. The van der Waals surface area contributed by atoms with Crippen LogP contribution in [0.2, 0.25) is 0 Å². The Morgan fingerprint density at radius 3 is 2.62 bits per heavy atom. The van der Waals surface area contributed by atoms with E-state index in [4.69, 9.17) is 9.47 Å². The van der Waals surface area contributed by atoms with Crippen LogP contribution >= 0.6 is 0 Å². The molecular weight excluding hydrogens is 270 g/mol. The number of benzene rings is 1. The van der Waals surface area contributed by atoms with Gasteiger partial charge in [-0.3, -0.25) is 4.79 Å². The predicted octanol–water partition coefficient (Wildman–Crippen LogP) is 1.63. The molecule has 1 amide bonds. The van der Waals surface area contributed by atoms with E-state index in [2.05, 4.69) is 9.97 Å². The first-order valence-electron chi connectivity index (χ1n) is 6.74. The zero-order valence-electron chi connectivity index (χ0n) is 12.0. The Balaban J connectivity index is 1.85. The fourth-order valence-corrected chi connectivity index (χ4v) is 2.50. The molecule has 1 N–H and O–H groups in total. The zero-order chi connectivity index (χ0) is 14.8. The third-order valence-corrected chi connectivity index (χ3v) is 3.67. The van der Waals surface area contributed by atoms with Gasteiger partial charge in [0.1, 0.15) is 11.5 Å². The number of aromatic amines is 1. The van der Waals surface area contributed by atoms with Gasteiger partial charge in [0.05, 0.1) is 32.8 Å². The standard InChI is InChI=1S/C15H17N3O3/c1-20-11-5-10(6-12(7-11)21-2)15(19)18-4-3-13-14(8-18)17-9-16-13/h5-7,9H,3-4,8H2,1-2H3,(H,16,17). The molecule has 0 fully saturated rings. The van der Waals surface area contributed by atoms with Crippen LogP contribution in [0.5, 0.6) is 11.5 Å². The van der Waals surface area contributed by atoms with E-state index in [1.807, 2.05) is 0 Å². The van der Waals surface area contributed by atoms with Crippen LogP contribution < -0.4 is 9.47 Å². The third-order valence-electron chi connectivity index (χ3n) is 3.67. The third kappa shape index (κ3) is 2.56. The number of hydrogen-bond donors (Lipinski definition) is 1. The summed E-state index contributed by atoms with van der Waals surface area (Å²) in [6, 6.07) is 5.20. The first kappa shape index (κ1) is 13.5. The molecule has 2 heterocycles. The molecule has 1 aromatic heterocycles. The lowest BCUT2D eigenvalue weighted by Crippen LogP contribution is -2.36. The summed E-state index contributed by atoms with van der Waals surface area (Å²) < 4.78 is 10.4. The SMILES string of the molecule is COc1cc(OC)cc(C(=O)N2CCc3[nH]cnc3C2)c1. The van der Waals surface area contributed by atoms with Gasteiger partial charge < -0.3 is 19.4 Å². The van der Waals surface area contributed by atoms with E-state index in [9.17, 15) is 4.79 Å². The van der Waals surface area contributed by atoms with Crippen molar-refractivity contribution in [1.82, 2.24) is 14.9 Å². The van der Waals surface area contributed by atoms with E-state index in [0.717, 1.165) is 17.8 Å². The Labute approximate surface area is 122 Å². The average Bonchev–Trinajstić information content (AvgIpc) is 3.01. The first-order chi connectivity index (χ1) is 10.2. The summed E-state index contributed by atoms with van der Waals surface area (Å²) >= 11 is 0. The molecule has 2 aromatic rings. The molecule has 1 aliphatic heterocycles. The number of aromatic nitrogens is 2. The molecule has 110 valence electrons. The highest BCUT2D eigenvalue weighted by atomic mass is 16.5. The minimum absolute atomic E-state index is 0.0409. The number of carbonyl (C=O) groups is 1. The van der Waals surface area contributed by atoms with Crippen LogP contribution in [0.25, 0.3) is 0 Å². The predicted molar refractivity (Wildman–Crippen MR) is 76.6 cm³/mol. The minimum Gasteiger partial charge on any atom is -0.497 e. The van der Waals surface area contributed by atoms with Crippen molar-refractivity contribution in [3.05, 3.63) is 41.5 Å². The normalized spacial score (nSPS) is 13.7. The second-order valence-electron chi connectivity index (χ2n) is 4.91. The Morgan fingerprint density at radius 2 is 1.95 bits per heavy atom. The summed E-state index contributed by atoms with van der Waals surface area (Å²) in [6.45, 7) is 1.20. The van der Waals surface area contributed by atoms with Crippen LogP contribution in [0.1, 0.15) is 21.7 Å². The lowest BCUT2D eigenvalue weighted by Gasteiger charge is -2.26. The summed E-state index contributed by atoms with van der Waals surface area (Å²) in [5.41, 5.74) is 2.61. The smallest absolute Gasteiger partial charge is 0.254 e. The molecule has 1 aliphatic rings. The fourth-order valence-electron chi connectivity index (χ4n) is 2.50. The van der Waals surface area contributed by atoms with Crippen molar-refractivity contribution in [2.45, 2.75) is 13.0 Å². The monoisotopic (exact) mass is 287 g/mol. The van der Waals surface area contributed by atoms with Crippen molar-refractivity contribution < 1.29 is 14.3 Å². The highest BCUT2D eigenvalue weighted by Crippen LogP contribution is 2.25. The summed E-state index contributed by atoms with van der Waals surface area (Å²) in [5, 5.41) is 0. The van der Waals surface area contributed by atoms with Gasteiger partial charge in [0.25, 0.3) is 5.91 Å². The van der Waals surface area contributed by atoms with Crippen molar-refractivity contribution in [2.75, 3.05) is 20.8 Å². The van der Waals surface area contributed by atoms with Crippen molar-refractivity contribution in [3.63, 3.8) is 0 Å². The van der Waals surface area contributed by atoms with E-state index in [1.54, 1.807) is 43.6 Å². The van der Waals surface area contributed by atoms with Crippen molar-refractivity contribution in [2.24, 2.45) is 0 Å². The maximum Gasteiger partial charge on any atom is 0.254 e. The number of ether oxygens (including phenoxy) is 2. The Bertz CT molecular complexity index is 644. The number of hydrogen-bond acceptors (Lipinski definition) is 4. The van der Waals surface area contributed by atoms with Crippen molar-refractivity contribution in [3.8, 4) is 11.5 Å². The molecule has 0 aliphatic carbocycles. The number of carbonyl (C=O) groups excluding carboxylic acids is 1. The summed E-state index contributed by atoms with van der Waals surface area (Å²) in [5.74, 6) is 1.17. The lowest BCUT2D eigenvalue weighted by molar-refractivity contribution is 0.0731. The molecule has 21 heavy (non-hydrogen) atoms. The van der Waals surface area contributed by atoms with Gasteiger partial charge in [0.2, 0.25) is 0 Å². The molecule has 0 saturated heterocycles. The van der Waals surface area contributed by atoms with Gasteiger partial charge in [-0.15, -0.1) is 0 Å². The van der Waals surface area contributed by atoms with Gasteiger partial charge in [-0.2, -0.15) is 0 Å². The molecule has 6 heteroatoms. The lowest BCUT2D eigenvalue weighted by atomic mass is 10.1. The van der Waals surface area contributed by atoms with Gasteiger partial charge in [-0.05, 0) is 12.1 Å². The summed E-state index contributed by atoms with van der Waals surface area (Å²) in [4.78, 5) is 21.8. The molecular formula is C15H17N3O3. The van der Waals surface area contributed by atoms with Gasteiger partial charge in [0.15, 0.2) is 0 Å². The number of H-pyrrole nitrogens is 1. The van der Waals surface area contributed by atoms with E-state index in [0.29, 0.717) is 30.2 Å². The Morgan fingerprint density at radius 1 is 1.24 bits per heavy atom. The summed E-state index contributed by atoms with van der Waals surface area (Å²) in [7, 11) is 3.14. The van der Waals surface area contributed by atoms with Crippen LogP contribution in [0.15, 0.2) is 24.5 Å². The molecule has 0 saturated carbocycles. The number of methoxy groups -OCH3 is 2. The molecule has 0 radical (unpaired) electrons. The molecule has 6 nitrogen and oxygen atoms in total. The van der Waals surface area contributed by atoms with Crippen molar-refractivity contribution >= 4 is 5.91 Å². The maximum atomic E-state index is 12.6. The molecule has 3 rings (SSSR count). The zero-order valence-corrected chi connectivity index (χ0v) is 12.0. The van der Waals surface area contributed by atoms with E-state index in [1.165, 1.54) is 0 Å². The minimum atomic E-state index is -0.0409. The topological polar surface area (TPSA) is 67.5 Å². The number of rotatable bonds is 3. The Hall–Kier alpha value is -2.50. The van der Waals surface area contributed by atoms with Crippen LogP contribution in [0, 0.1) is 0 Å². The molecule has 0 spiro atoms. The summed E-state index contributed by atoms with van der Waals surface area (Å²) in [6.07, 6.45) is 2.47. The number of amides is 1. The van der Waals surface area contributed by atoms with Crippen LogP contribution in [0.3, 0.4) is 0 Å². The van der Waals surface area contributed by atoms with Crippen LogP contribution in [-0.4, -0.2) is 41.5 Å². The fraction of sp³-hybridized carbons (Fsp3) is 0.333. The largest absolute Gasteiger partial charge is 0.497 e.